The third-order valence-electron chi connectivity index (χ3n) is 3.73. The lowest BCUT2D eigenvalue weighted by Crippen LogP contribution is -1.93. The second-order valence-corrected chi connectivity index (χ2v) is 6.20. The molecule has 0 N–H and O–H groups in total. The van der Waals surface area contributed by atoms with Crippen LogP contribution >= 0.6 is 27.5 Å². The Morgan fingerprint density at radius 3 is 2.38 bits per heavy atom. The van der Waals surface area contributed by atoms with Crippen molar-refractivity contribution in [2.75, 3.05) is 0 Å². The molecule has 0 aliphatic heterocycles. The molecule has 0 aliphatic carbocycles. The Morgan fingerprint density at radius 2 is 1.57 bits per heavy atom. The molecule has 0 amide bonds. The van der Waals surface area contributed by atoms with Gasteiger partial charge in [0.05, 0.1) is 16.1 Å². The molecule has 1 heterocycles. The maximum absolute atomic E-state index is 6.46. The summed E-state index contributed by atoms with van der Waals surface area (Å²) in [5.74, 6) is 0. The molecule has 102 valence electrons. The molecule has 0 unspecified atom stereocenters. The van der Waals surface area contributed by atoms with Crippen LogP contribution in [0.2, 0.25) is 5.02 Å². The Morgan fingerprint density at radius 1 is 0.810 bits per heavy atom. The maximum atomic E-state index is 6.46. The second kappa shape index (κ2) is 4.90. The Labute approximate surface area is 135 Å². The minimum atomic E-state index is 0.783. The summed E-state index contributed by atoms with van der Waals surface area (Å²) in [5.41, 5.74) is 3.40. The lowest BCUT2D eigenvalue weighted by molar-refractivity contribution is 1.18. The highest BCUT2D eigenvalue weighted by Gasteiger charge is 2.15. The fourth-order valence-electron chi connectivity index (χ4n) is 2.88. The first-order valence-corrected chi connectivity index (χ1v) is 7.87. The summed E-state index contributed by atoms with van der Waals surface area (Å²) in [6.45, 7) is 0. The molecule has 1 nitrogen and oxygen atoms in total. The van der Waals surface area contributed by atoms with Crippen molar-refractivity contribution in [3.63, 3.8) is 0 Å². The molecule has 0 atom stereocenters. The van der Waals surface area contributed by atoms with Gasteiger partial charge in [0.1, 0.15) is 0 Å². The number of hydrogen-bond donors (Lipinski definition) is 0. The van der Waals surface area contributed by atoms with E-state index < -0.39 is 0 Å². The van der Waals surface area contributed by atoms with Crippen LogP contribution in [0.25, 0.3) is 27.5 Å². The summed E-state index contributed by atoms with van der Waals surface area (Å²) in [4.78, 5) is 0. The van der Waals surface area contributed by atoms with Gasteiger partial charge in [0.15, 0.2) is 0 Å². The van der Waals surface area contributed by atoms with Crippen molar-refractivity contribution in [1.82, 2.24) is 4.57 Å². The lowest BCUT2D eigenvalue weighted by Gasteiger charge is -2.08. The van der Waals surface area contributed by atoms with Crippen LogP contribution in [0.15, 0.2) is 71.2 Å². The molecule has 0 saturated carbocycles. The van der Waals surface area contributed by atoms with Crippen LogP contribution in [0.4, 0.5) is 0 Å². The summed E-state index contributed by atoms with van der Waals surface area (Å²) in [6.07, 6.45) is 0. The molecular weight excluding hydrogens is 346 g/mol. The smallest absolute Gasteiger partial charge is 0.0683 e. The number of benzene rings is 3. The van der Waals surface area contributed by atoms with Crippen LogP contribution in [0.1, 0.15) is 0 Å². The van der Waals surface area contributed by atoms with Gasteiger partial charge in [-0.2, -0.15) is 0 Å². The molecule has 0 fully saturated rings. The van der Waals surface area contributed by atoms with Gasteiger partial charge >= 0.3 is 0 Å². The predicted molar refractivity (Wildman–Crippen MR) is 93.5 cm³/mol. The normalized spacial score (nSPS) is 11.3. The minimum absolute atomic E-state index is 0.783. The van der Waals surface area contributed by atoms with Crippen LogP contribution in [0, 0.1) is 0 Å². The molecule has 0 saturated heterocycles. The van der Waals surface area contributed by atoms with Gasteiger partial charge < -0.3 is 4.57 Å². The quantitative estimate of drug-likeness (QED) is 0.382. The van der Waals surface area contributed by atoms with E-state index in [0.717, 1.165) is 37.0 Å². The number of para-hydroxylation sites is 2. The summed E-state index contributed by atoms with van der Waals surface area (Å²) < 4.78 is 3.32. The van der Waals surface area contributed by atoms with Crippen molar-refractivity contribution in [3.8, 4) is 5.69 Å². The van der Waals surface area contributed by atoms with E-state index in [-0.39, 0.29) is 0 Å². The van der Waals surface area contributed by atoms with E-state index in [9.17, 15) is 0 Å². The summed E-state index contributed by atoms with van der Waals surface area (Å²) in [7, 11) is 0. The Balaban J connectivity index is 2.30. The van der Waals surface area contributed by atoms with E-state index >= 15 is 0 Å². The van der Waals surface area contributed by atoms with Crippen molar-refractivity contribution in [3.05, 3.63) is 76.2 Å². The fourth-order valence-corrected chi connectivity index (χ4v) is 3.69. The molecule has 3 heteroatoms. The molecule has 0 bridgehead atoms. The van der Waals surface area contributed by atoms with Gasteiger partial charge in [0.25, 0.3) is 0 Å². The molecule has 0 aliphatic rings. The second-order valence-electron chi connectivity index (χ2n) is 4.94. The lowest BCUT2D eigenvalue weighted by atomic mass is 10.1. The maximum Gasteiger partial charge on any atom is 0.0683 e. The molecule has 21 heavy (non-hydrogen) atoms. The van der Waals surface area contributed by atoms with Gasteiger partial charge in [-0.15, -0.1) is 0 Å². The molecule has 4 rings (SSSR count). The number of rotatable bonds is 1. The zero-order valence-corrected chi connectivity index (χ0v) is 13.4. The monoisotopic (exact) mass is 355 g/mol. The average molecular weight is 357 g/mol. The van der Waals surface area contributed by atoms with Crippen LogP contribution < -0.4 is 0 Å². The van der Waals surface area contributed by atoms with E-state index in [1.54, 1.807) is 0 Å². The van der Waals surface area contributed by atoms with Crippen molar-refractivity contribution in [2.24, 2.45) is 0 Å². The largest absolute Gasteiger partial charge is 0.308 e. The van der Waals surface area contributed by atoms with E-state index in [1.807, 2.05) is 36.4 Å². The topological polar surface area (TPSA) is 4.93 Å². The first-order chi connectivity index (χ1) is 10.3. The van der Waals surface area contributed by atoms with Gasteiger partial charge in [-0.1, -0.05) is 48.0 Å². The number of aromatic nitrogens is 1. The molecule has 0 spiro atoms. The van der Waals surface area contributed by atoms with Crippen LogP contribution in [0.3, 0.4) is 0 Å². The van der Waals surface area contributed by atoms with Crippen molar-refractivity contribution >= 4 is 49.3 Å². The standard InChI is InChI=1S/C18H11BrClN/c19-14-9-4-8-13-17-15(20)10-5-11-16(17)21(18(13)14)12-6-2-1-3-7-12/h1-11H. The van der Waals surface area contributed by atoms with Crippen molar-refractivity contribution < 1.29 is 0 Å². The highest BCUT2D eigenvalue weighted by atomic mass is 79.9. The third kappa shape index (κ3) is 1.90. The molecular formula is C18H11BrClN. The predicted octanol–water partition coefficient (Wildman–Crippen LogP) is 6.20. The Kier molecular flexibility index (Phi) is 3.02. The zero-order chi connectivity index (χ0) is 14.4. The van der Waals surface area contributed by atoms with Crippen molar-refractivity contribution in [2.45, 2.75) is 0 Å². The molecule has 0 radical (unpaired) electrons. The summed E-state index contributed by atoms with van der Waals surface area (Å²) in [6, 6.07) is 22.6. The van der Waals surface area contributed by atoms with E-state index in [1.165, 1.54) is 0 Å². The third-order valence-corrected chi connectivity index (χ3v) is 4.68. The first-order valence-electron chi connectivity index (χ1n) is 6.70. The number of hydrogen-bond acceptors (Lipinski definition) is 0. The van der Waals surface area contributed by atoms with Gasteiger partial charge in [-0.25, -0.2) is 0 Å². The van der Waals surface area contributed by atoms with Gasteiger partial charge in [0, 0.05) is 20.9 Å². The van der Waals surface area contributed by atoms with Gasteiger partial charge in [-0.05, 0) is 46.3 Å². The van der Waals surface area contributed by atoms with Gasteiger partial charge in [0.2, 0.25) is 0 Å². The number of nitrogens with zero attached hydrogens (tertiary/aromatic N) is 1. The summed E-state index contributed by atoms with van der Waals surface area (Å²) in [5, 5.41) is 3.04. The van der Waals surface area contributed by atoms with Gasteiger partial charge in [-0.3, -0.25) is 0 Å². The molecule has 4 aromatic rings. The number of fused-ring (bicyclic) bond motifs is 3. The first kappa shape index (κ1) is 12.9. The SMILES string of the molecule is Clc1cccc2c1c1cccc(Br)c1n2-c1ccccc1. The summed E-state index contributed by atoms with van der Waals surface area (Å²) >= 11 is 10.1. The van der Waals surface area contributed by atoms with Crippen LogP contribution in [-0.2, 0) is 0 Å². The van der Waals surface area contributed by atoms with E-state index in [0.29, 0.717) is 0 Å². The minimum Gasteiger partial charge on any atom is -0.308 e. The van der Waals surface area contributed by atoms with E-state index in [2.05, 4.69) is 50.8 Å². The van der Waals surface area contributed by atoms with Crippen LogP contribution in [0.5, 0.6) is 0 Å². The van der Waals surface area contributed by atoms with Crippen molar-refractivity contribution in [1.29, 1.82) is 0 Å². The number of halogens is 2. The highest BCUT2D eigenvalue weighted by Crippen LogP contribution is 2.38. The van der Waals surface area contributed by atoms with E-state index in [4.69, 9.17) is 11.6 Å². The average Bonchev–Trinajstić information content (AvgIpc) is 2.85. The Hall–Kier alpha value is -1.77. The molecule has 3 aromatic carbocycles. The highest BCUT2D eigenvalue weighted by molar-refractivity contribution is 9.10. The van der Waals surface area contributed by atoms with Crippen LogP contribution in [-0.4, -0.2) is 4.57 Å². The Bertz CT molecular complexity index is 957. The zero-order valence-electron chi connectivity index (χ0n) is 11.1. The molecule has 1 aromatic heterocycles. The fraction of sp³-hybridized carbons (Fsp3) is 0.